The molecule has 0 N–H and O–H groups in total. The van der Waals surface area contributed by atoms with Crippen LogP contribution in [0, 0.1) is 11.7 Å². The van der Waals surface area contributed by atoms with Gasteiger partial charge in [0.05, 0.1) is 22.9 Å². The highest BCUT2D eigenvalue weighted by Crippen LogP contribution is 2.37. The maximum absolute atomic E-state index is 13.7. The Bertz CT molecular complexity index is 1050. The summed E-state index contributed by atoms with van der Waals surface area (Å²) in [6.45, 7) is 5.98. The van der Waals surface area contributed by atoms with E-state index in [0.29, 0.717) is 48.2 Å². The van der Waals surface area contributed by atoms with Gasteiger partial charge >= 0.3 is 0 Å². The van der Waals surface area contributed by atoms with Crippen LogP contribution >= 0.6 is 11.6 Å². The summed E-state index contributed by atoms with van der Waals surface area (Å²) in [5, 5.41) is -0.138. The fraction of sp³-hybridized carbons (Fsp3) is 0.333. The molecule has 0 bridgehead atoms. The molecule has 2 heterocycles. The van der Waals surface area contributed by atoms with Crippen LogP contribution in [0.1, 0.15) is 32.3 Å². The lowest BCUT2D eigenvalue weighted by molar-refractivity contribution is -0.120. The molecule has 4 rings (SSSR count). The number of rotatable bonds is 5. The van der Waals surface area contributed by atoms with Crippen LogP contribution in [-0.2, 0) is 9.59 Å². The van der Waals surface area contributed by atoms with E-state index in [-0.39, 0.29) is 10.7 Å². The number of hydrogen-bond donors (Lipinski definition) is 0. The molecule has 1 unspecified atom stereocenters. The van der Waals surface area contributed by atoms with Crippen LogP contribution in [0.2, 0.25) is 5.02 Å². The summed E-state index contributed by atoms with van der Waals surface area (Å²) in [6, 6.07) is 11.0. The van der Waals surface area contributed by atoms with Crippen LogP contribution < -0.4 is 9.64 Å². The van der Waals surface area contributed by atoms with Gasteiger partial charge in [0.15, 0.2) is 0 Å². The van der Waals surface area contributed by atoms with Crippen molar-refractivity contribution >= 4 is 34.7 Å². The minimum Gasteiger partial charge on any atom is -0.494 e. The predicted octanol–water partition coefficient (Wildman–Crippen LogP) is 4.89. The number of likely N-dealkylation sites (tertiary alicyclic amines) is 1. The largest absolute Gasteiger partial charge is 0.494 e. The fourth-order valence-electron chi connectivity index (χ4n) is 4.21. The van der Waals surface area contributed by atoms with Gasteiger partial charge in [-0.3, -0.25) is 9.59 Å². The van der Waals surface area contributed by atoms with Gasteiger partial charge < -0.3 is 9.64 Å². The first-order valence-corrected chi connectivity index (χ1v) is 10.8. The number of imide groups is 1. The van der Waals surface area contributed by atoms with E-state index in [9.17, 15) is 14.0 Å². The maximum atomic E-state index is 13.7. The van der Waals surface area contributed by atoms with E-state index in [1.807, 2.05) is 11.8 Å². The molecule has 162 valence electrons. The number of amides is 2. The van der Waals surface area contributed by atoms with Crippen molar-refractivity contribution in [3.63, 3.8) is 0 Å². The summed E-state index contributed by atoms with van der Waals surface area (Å²) in [5.74, 6) is -0.344. The number of piperidine rings is 1. The summed E-state index contributed by atoms with van der Waals surface area (Å²) in [4.78, 5) is 30.1. The van der Waals surface area contributed by atoms with Crippen molar-refractivity contribution in [2.24, 2.45) is 5.92 Å². The number of nitrogens with zero attached hydrogens (tertiary/aromatic N) is 2. The molecule has 0 saturated carbocycles. The Kier molecular flexibility index (Phi) is 6.01. The number of carbonyl (C=O) groups is 2. The molecule has 2 aromatic rings. The van der Waals surface area contributed by atoms with Gasteiger partial charge in [-0.05, 0) is 61.6 Å². The molecule has 1 atom stereocenters. The Balaban J connectivity index is 1.79. The number of benzene rings is 2. The number of halogens is 2. The molecule has 0 spiro atoms. The summed E-state index contributed by atoms with van der Waals surface area (Å²) in [5.41, 5.74) is 1.64. The zero-order valence-electron chi connectivity index (χ0n) is 17.5. The van der Waals surface area contributed by atoms with Gasteiger partial charge in [0.25, 0.3) is 11.8 Å². The van der Waals surface area contributed by atoms with Crippen molar-refractivity contribution in [2.75, 3.05) is 24.6 Å². The third kappa shape index (κ3) is 4.04. The second kappa shape index (κ2) is 8.71. The molecular formula is C24H24ClFN2O3. The monoisotopic (exact) mass is 442 g/mol. The second-order valence-electron chi connectivity index (χ2n) is 7.92. The SMILES string of the molecule is CCOc1ccc(C2=C(N3CCCC(C)C3)C(=O)N(c3ccc(F)c(Cl)c3)C2=O)cc1. The molecule has 2 amide bonds. The topological polar surface area (TPSA) is 49.9 Å². The zero-order chi connectivity index (χ0) is 22.1. The van der Waals surface area contributed by atoms with Crippen molar-refractivity contribution in [3.05, 3.63) is 64.6 Å². The van der Waals surface area contributed by atoms with Crippen LogP contribution in [-0.4, -0.2) is 36.4 Å². The van der Waals surface area contributed by atoms with Gasteiger partial charge in [0, 0.05) is 13.1 Å². The van der Waals surface area contributed by atoms with Gasteiger partial charge in [-0.15, -0.1) is 0 Å². The molecular weight excluding hydrogens is 419 g/mol. The van der Waals surface area contributed by atoms with Gasteiger partial charge in [0.2, 0.25) is 0 Å². The molecule has 1 fully saturated rings. The first-order chi connectivity index (χ1) is 14.9. The second-order valence-corrected chi connectivity index (χ2v) is 8.33. The highest BCUT2D eigenvalue weighted by molar-refractivity contribution is 6.45. The third-order valence-electron chi connectivity index (χ3n) is 5.65. The molecule has 2 aliphatic rings. The van der Waals surface area contributed by atoms with Crippen LogP contribution in [0.15, 0.2) is 48.2 Å². The standard InChI is InChI=1S/C24H24ClFN2O3/c1-3-31-18-9-6-16(7-10-18)21-22(27-12-4-5-15(2)14-27)24(30)28(23(21)29)17-8-11-20(26)19(25)13-17/h6-11,13,15H,3-5,12,14H2,1-2H3. The van der Waals surface area contributed by atoms with E-state index in [0.717, 1.165) is 23.8 Å². The van der Waals surface area contributed by atoms with Crippen molar-refractivity contribution < 1.29 is 18.7 Å². The minimum absolute atomic E-state index is 0.138. The fourth-order valence-corrected chi connectivity index (χ4v) is 4.38. The third-order valence-corrected chi connectivity index (χ3v) is 5.94. The predicted molar refractivity (Wildman–Crippen MR) is 118 cm³/mol. The molecule has 5 nitrogen and oxygen atoms in total. The number of ether oxygens (including phenoxy) is 1. The maximum Gasteiger partial charge on any atom is 0.282 e. The summed E-state index contributed by atoms with van der Waals surface area (Å²) < 4.78 is 19.2. The van der Waals surface area contributed by atoms with Gasteiger partial charge in [-0.1, -0.05) is 30.7 Å². The van der Waals surface area contributed by atoms with Crippen molar-refractivity contribution in [3.8, 4) is 5.75 Å². The van der Waals surface area contributed by atoms with E-state index >= 15 is 0 Å². The van der Waals surface area contributed by atoms with E-state index in [1.54, 1.807) is 24.3 Å². The lowest BCUT2D eigenvalue weighted by Gasteiger charge is -2.33. The highest BCUT2D eigenvalue weighted by Gasteiger charge is 2.43. The zero-order valence-corrected chi connectivity index (χ0v) is 18.3. The minimum atomic E-state index is -0.603. The van der Waals surface area contributed by atoms with Crippen LogP contribution in [0.4, 0.5) is 10.1 Å². The first kappa shape index (κ1) is 21.4. The highest BCUT2D eigenvalue weighted by atomic mass is 35.5. The molecule has 31 heavy (non-hydrogen) atoms. The van der Waals surface area contributed by atoms with Crippen LogP contribution in [0.3, 0.4) is 0 Å². The molecule has 2 aromatic carbocycles. The molecule has 0 radical (unpaired) electrons. The van der Waals surface area contributed by atoms with Crippen LogP contribution in [0.25, 0.3) is 5.57 Å². The van der Waals surface area contributed by atoms with Gasteiger partial charge in [-0.2, -0.15) is 0 Å². The van der Waals surface area contributed by atoms with E-state index < -0.39 is 17.6 Å². The Morgan fingerprint density at radius 1 is 1.13 bits per heavy atom. The quantitative estimate of drug-likeness (QED) is 0.618. The summed E-state index contributed by atoms with van der Waals surface area (Å²) in [7, 11) is 0. The van der Waals surface area contributed by atoms with E-state index in [4.69, 9.17) is 16.3 Å². The molecule has 2 aliphatic heterocycles. The average Bonchev–Trinajstić information content (AvgIpc) is 3.01. The van der Waals surface area contributed by atoms with Crippen molar-refractivity contribution in [2.45, 2.75) is 26.7 Å². The molecule has 1 saturated heterocycles. The number of hydrogen-bond acceptors (Lipinski definition) is 4. The summed E-state index contributed by atoms with van der Waals surface area (Å²) in [6.07, 6.45) is 2.03. The lowest BCUT2D eigenvalue weighted by Crippen LogP contribution is -2.39. The summed E-state index contributed by atoms with van der Waals surface area (Å²) >= 11 is 5.93. The van der Waals surface area contributed by atoms with E-state index in [1.165, 1.54) is 12.1 Å². The Morgan fingerprint density at radius 2 is 1.87 bits per heavy atom. The Labute approximate surface area is 186 Å². The van der Waals surface area contributed by atoms with Gasteiger partial charge in [-0.25, -0.2) is 9.29 Å². The van der Waals surface area contributed by atoms with Gasteiger partial charge in [0.1, 0.15) is 17.3 Å². The average molecular weight is 443 g/mol. The molecule has 0 aliphatic carbocycles. The van der Waals surface area contributed by atoms with E-state index in [2.05, 4.69) is 6.92 Å². The van der Waals surface area contributed by atoms with Crippen molar-refractivity contribution in [1.82, 2.24) is 4.90 Å². The Hall–Kier alpha value is -2.86. The normalized spacial score (nSPS) is 19.4. The number of carbonyl (C=O) groups excluding carboxylic acids is 2. The Morgan fingerprint density at radius 3 is 2.52 bits per heavy atom. The van der Waals surface area contributed by atoms with Crippen molar-refractivity contribution in [1.29, 1.82) is 0 Å². The molecule has 0 aromatic heterocycles. The molecule has 7 heteroatoms. The lowest BCUT2D eigenvalue weighted by atomic mass is 9.97. The van der Waals surface area contributed by atoms with Crippen LogP contribution in [0.5, 0.6) is 5.75 Å². The number of anilines is 1. The first-order valence-electron chi connectivity index (χ1n) is 10.5. The smallest absolute Gasteiger partial charge is 0.282 e.